The van der Waals surface area contributed by atoms with Crippen LogP contribution in [0.2, 0.25) is 5.02 Å². The Labute approximate surface area is 162 Å². The minimum Gasteiger partial charge on any atom is -0.488 e. The lowest BCUT2D eigenvalue weighted by Gasteiger charge is -2.12. The van der Waals surface area contributed by atoms with E-state index in [2.05, 4.69) is 20.3 Å². The lowest BCUT2D eigenvalue weighted by atomic mass is 10.3. The van der Waals surface area contributed by atoms with E-state index in [0.29, 0.717) is 34.9 Å². The fourth-order valence-electron chi connectivity index (χ4n) is 2.30. The van der Waals surface area contributed by atoms with Gasteiger partial charge in [-0.3, -0.25) is 4.21 Å². The van der Waals surface area contributed by atoms with E-state index < -0.39 is 16.6 Å². The van der Waals surface area contributed by atoms with Gasteiger partial charge in [-0.2, -0.15) is 0 Å². The SMILES string of the molecule is COCCOc1cc2ncnc(Nc3ccc(F)c(Cl)c3)c2nc1S(C)=O. The Hall–Kier alpha value is -2.36. The van der Waals surface area contributed by atoms with Crippen LogP contribution in [0, 0.1) is 5.82 Å². The molecule has 27 heavy (non-hydrogen) atoms. The van der Waals surface area contributed by atoms with Crippen LogP contribution in [-0.4, -0.2) is 45.7 Å². The Morgan fingerprint density at radius 1 is 1.26 bits per heavy atom. The maximum absolute atomic E-state index is 13.3. The molecule has 3 aromatic rings. The second-order valence-electron chi connectivity index (χ2n) is 5.43. The highest BCUT2D eigenvalue weighted by molar-refractivity contribution is 7.84. The molecule has 142 valence electrons. The van der Waals surface area contributed by atoms with Crippen LogP contribution < -0.4 is 10.1 Å². The van der Waals surface area contributed by atoms with Crippen molar-refractivity contribution in [2.75, 3.05) is 31.9 Å². The smallest absolute Gasteiger partial charge is 0.169 e. The molecule has 10 heteroatoms. The molecule has 0 amide bonds. The molecular weight excluding hydrogens is 395 g/mol. The number of benzene rings is 1. The van der Waals surface area contributed by atoms with E-state index >= 15 is 0 Å². The van der Waals surface area contributed by atoms with Crippen molar-refractivity contribution in [2.45, 2.75) is 5.03 Å². The van der Waals surface area contributed by atoms with Crippen LogP contribution in [0.25, 0.3) is 11.0 Å². The molecule has 1 unspecified atom stereocenters. The normalized spacial score (nSPS) is 12.1. The van der Waals surface area contributed by atoms with E-state index in [1.807, 2.05) is 0 Å². The van der Waals surface area contributed by atoms with E-state index in [9.17, 15) is 8.60 Å². The molecule has 0 aliphatic heterocycles. The molecule has 0 aliphatic carbocycles. The second-order valence-corrected chi connectivity index (χ2v) is 7.13. The maximum atomic E-state index is 13.3. The van der Waals surface area contributed by atoms with Crippen molar-refractivity contribution in [1.29, 1.82) is 0 Å². The zero-order valence-corrected chi connectivity index (χ0v) is 16.1. The van der Waals surface area contributed by atoms with Crippen molar-refractivity contribution < 1.29 is 18.1 Å². The summed E-state index contributed by atoms with van der Waals surface area (Å²) in [5.74, 6) is 0.224. The van der Waals surface area contributed by atoms with Gasteiger partial charge >= 0.3 is 0 Å². The lowest BCUT2D eigenvalue weighted by Crippen LogP contribution is -2.08. The van der Waals surface area contributed by atoms with Gasteiger partial charge in [0, 0.05) is 25.1 Å². The number of halogens is 2. The number of hydrogen-bond acceptors (Lipinski definition) is 7. The number of fused-ring (bicyclic) bond motifs is 1. The summed E-state index contributed by atoms with van der Waals surface area (Å²) in [6, 6.07) is 5.86. The molecule has 1 atom stereocenters. The summed E-state index contributed by atoms with van der Waals surface area (Å²) >= 11 is 5.82. The van der Waals surface area contributed by atoms with Crippen LogP contribution in [0.15, 0.2) is 35.6 Å². The molecule has 3 rings (SSSR count). The van der Waals surface area contributed by atoms with Gasteiger partial charge in [-0.25, -0.2) is 19.3 Å². The Bertz CT molecular complexity index is 1010. The quantitative estimate of drug-likeness (QED) is 0.598. The molecular formula is C17H16ClFN4O3S. The van der Waals surface area contributed by atoms with Gasteiger partial charge in [0.2, 0.25) is 0 Å². The van der Waals surface area contributed by atoms with Gasteiger partial charge in [-0.1, -0.05) is 11.6 Å². The van der Waals surface area contributed by atoms with E-state index in [4.69, 9.17) is 21.1 Å². The predicted octanol–water partition coefficient (Wildman–Crippen LogP) is 3.32. The van der Waals surface area contributed by atoms with Crippen molar-refractivity contribution in [3.8, 4) is 5.75 Å². The number of pyridine rings is 1. The molecule has 0 bridgehead atoms. The summed E-state index contributed by atoms with van der Waals surface area (Å²) in [4.78, 5) is 12.8. The number of anilines is 2. The molecule has 1 aromatic carbocycles. The molecule has 0 fully saturated rings. The average molecular weight is 411 g/mol. The molecule has 0 saturated heterocycles. The first-order valence-electron chi connectivity index (χ1n) is 7.82. The third-order valence-corrected chi connectivity index (χ3v) is 4.67. The Morgan fingerprint density at radius 3 is 2.78 bits per heavy atom. The maximum Gasteiger partial charge on any atom is 0.169 e. The topological polar surface area (TPSA) is 86.2 Å². The van der Waals surface area contributed by atoms with E-state index in [1.54, 1.807) is 13.2 Å². The van der Waals surface area contributed by atoms with Crippen LogP contribution in [0.5, 0.6) is 5.75 Å². The number of rotatable bonds is 7. The number of nitrogens with zero attached hydrogens (tertiary/aromatic N) is 3. The number of methoxy groups -OCH3 is 1. The van der Waals surface area contributed by atoms with E-state index in [1.165, 1.54) is 30.8 Å². The molecule has 0 saturated carbocycles. The molecule has 2 aromatic heterocycles. The molecule has 1 N–H and O–H groups in total. The third kappa shape index (κ3) is 4.49. The average Bonchev–Trinajstić information content (AvgIpc) is 2.64. The second kappa shape index (κ2) is 8.55. The lowest BCUT2D eigenvalue weighted by molar-refractivity contribution is 0.144. The molecule has 2 heterocycles. The summed E-state index contributed by atoms with van der Waals surface area (Å²) in [5, 5.41) is 3.28. The monoisotopic (exact) mass is 410 g/mol. The molecule has 0 radical (unpaired) electrons. The zero-order chi connectivity index (χ0) is 19.4. The highest BCUT2D eigenvalue weighted by Crippen LogP contribution is 2.29. The Kier molecular flexibility index (Phi) is 6.15. The standard InChI is InChI=1S/C17H16ClFN4O3S/c1-25-5-6-26-14-8-13-15(23-17(14)27(2)24)16(21-9-20-13)22-10-3-4-12(19)11(18)7-10/h3-4,7-9H,5-6H2,1-2H3,(H,20,21,22). The minimum atomic E-state index is -1.39. The predicted molar refractivity (Wildman–Crippen MR) is 102 cm³/mol. The first-order chi connectivity index (χ1) is 13.0. The number of hydrogen-bond donors (Lipinski definition) is 1. The van der Waals surface area contributed by atoms with Gasteiger partial charge in [0.05, 0.1) is 27.9 Å². The van der Waals surface area contributed by atoms with Crippen LogP contribution in [0.1, 0.15) is 0 Å². The molecule has 0 aliphatic rings. The summed E-state index contributed by atoms with van der Waals surface area (Å²) in [7, 11) is 0.169. The first kappa shape index (κ1) is 19.4. The zero-order valence-electron chi connectivity index (χ0n) is 14.5. The summed E-state index contributed by atoms with van der Waals surface area (Å²) in [6.07, 6.45) is 2.87. The number of aromatic nitrogens is 3. The van der Waals surface area contributed by atoms with Crippen molar-refractivity contribution in [2.24, 2.45) is 0 Å². The van der Waals surface area contributed by atoms with Crippen molar-refractivity contribution in [3.63, 3.8) is 0 Å². The Balaban J connectivity index is 2.02. The first-order valence-corrected chi connectivity index (χ1v) is 9.76. The largest absolute Gasteiger partial charge is 0.488 e. The molecule has 7 nitrogen and oxygen atoms in total. The van der Waals surface area contributed by atoms with Crippen LogP contribution in [-0.2, 0) is 15.5 Å². The fraction of sp³-hybridized carbons (Fsp3) is 0.235. The van der Waals surface area contributed by atoms with Crippen molar-refractivity contribution in [1.82, 2.24) is 15.0 Å². The van der Waals surface area contributed by atoms with Gasteiger partial charge in [0.1, 0.15) is 24.3 Å². The van der Waals surface area contributed by atoms with E-state index in [-0.39, 0.29) is 16.7 Å². The van der Waals surface area contributed by atoms with Crippen LogP contribution in [0.3, 0.4) is 0 Å². The highest BCUT2D eigenvalue weighted by Gasteiger charge is 2.16. The number of ether oxygens (including phenoxy) is 2. The fourth-order valence-corrected chi connectivity index (χ4v) is 3.10. The highest BCUT2D eigenvalue weighted by atomic mass is 35.5. The number of nitrogens with one attached hydrogen (secondary N) is 1. The van der Waals surface area contributed by atoms with E-state index in [0.717, 1.165) is 0 Å². The minimum absolute atomic E-state index is 0.0181. The molecule has 0 spiro atoms. The van der Waals surface area contributed by atoms with Gasteiger partial charge in [0.25, 0.3) is 0 Å². The van der Waals surface area contributed by atoms with Crippen molar-refractivity contribution in [3.05, 3.63) is 41.4 Å². The third-order valence-electron chi connectivity index (χ3n) is 3.54. The van der Waals surface area contributed by atoms with Gasteiger partial charge in [0.15, 0.2) is 16.6 Å². The van der Waals surface area contributed by atoms with Gasteiger partial charge in [-0.05, 0) is 18.2 Å². The summed E-state index contributed by atoms with van der Waals surface area (Å²) in [5.41, 5.74) is 1.44. The van der Waals surface area contributed by atoms with Crippen molar-refractivity contribution >= 4 is 44.9 Å². The van der Waals surface area contributed by atoms with Gasteiger partial charge in [-0.15, -0.1) is 0 Å². The summed E-state index contributed by atoms with van der Waals surface area (Å²) in [6.45, 7) is 0.674. The van der Waals surface area contributed by atoms with Gasteiger partial charge < -0.3 is 14.8 Å². The van der Waals surface area contributed by atoms with Crippen LogP contribution in [0.4, 0.5) is 15.9 Å². The van der Waals surface area contributed by atoms with Crippen LogP contribution >= 0.6 is 11.6 Å². The Morgan fingerprint density at radius 2 is 2.07 bits per heavy atom. The summed E-state index contributed by atoms with van der Waals surface area (Å²) < 4.78 is 36.0.